The lowest BCUT2D eigenvalue weighted by molar-refractivity contribution is -0.170. The number of aliphatic carboxylic acids is 1. The first-order valence-electron chi connectivity index (χ1n) is 6.20. The van der Waals surface area contributed by atoms with E-state index in [4.69, 9.17) is 5.11 Å². The van der Waals surface area contributed by atoms with E-state index in [1.165, 1.54) is 0 Å². The molecule has 6 nitrogen and oxygen atoms in total. The quantitative estimate of drug-likeness (QED) is 0.795. The summed E-state index contributed by atoms with van der Waals surface area (Å²) in [6.45, 7) is -1.27. The molecule has 4 atom stereocenters. The fourth-order valence-electron chi connectivity index (χ4n) is 2.68. The number of halogens is 3. The highest BCUT2D eigenvalue weighted by atomic mass is 32.2. The average molecular weight is 329 g/mol. The number of nitrogens with zero attached hydrogens (tertiary/aromatic N) is 1. The van der Waals surface area contributed by atoms with Gasteiger partial charge in [0.2, 0.25) is 5.91 Å². The summed E-state index contributed by atoms with van der Waals surface area (Å²) >= 11 is 0. The van der Waals surface area contributed by atoms with Crippen molar-refractivity contribution in [2.45, 2.75) is 17.8 Å². The number of carbonyl (C=O) groups excluding carboxylic acids is 1. The van der Waals surface area contributed by atoms with Crippen molar-refractivity contribution >= 4 is 21.7 Å². The molecule has 1 heterocycles. The van der Waals surface area contributed by atoms with Crippen LogP contribution < -0.4 is 0 Å². The average Bonchev–Trinajstić information content (AvgIpc) is 2.95. The molecule has 0 radical (unpaired) electrons. The van der Waals surface area contributed by atoms with Crippen LogP contribution in [-0.2, 0) is 19.4 Å². The lowest BCUT2D eigenvalue weighted by Gasteiger charge is -2.19. The summed E-state index contributed by atoms with van der Waals surface area (Å²) in [5, 5.41) is 7.04. The maximum absolute atomic E-state index is 12.9. The number of carboxylic acids is 1. The molecule has 1 saturated heterocycles. The predicted molar refractivity (Wildman–Crippen MR) is 64.0 cm³/mol. The molecular weight excluding hydrogens is 315 g/mol. The van der Waals surface area contributed by atoms with Crippen molar-refractivity contribution in [1.29, 1.82) is 0 Å². The van der Waals surface area contributed by atoms with Crippen LogP contribution in [-0.4, -0.2) is 61.1 Å². The Morgan fingerprint density at radius 2 is 1.76 bits per heavy atom. The number of rotatable bonds is 3. The first-order chi connectivity index (χ1) is 9.43. The van der Waals surface area contributed by atoms with Crippen molar-refractivity contribution in [2.24, 2.45) is 17.8 Å². The third kappa shape index (κ3) is 3.14. The summed E-state index contributed by atoms with van der Waals surface area (Å²) in [6, 6.07) is 0. The number of alkyl halides is 3. The number of carbonyl (C=O) groups is 2. The van der Waals surface area contributed by atoms with Crippen LogP contribution in [0, 0.1) is 17.8 Å². The number of hydrogen-bond acceptors (Lipinski definition) is 4. The van der Waals surface area contributed by atoms with Crippen molar-refractivity contribution in [3.8, 4) is 0 Å². The van der Waals surface area contributed by atoms with Crippen molar-refractivity contribution in [2.75, 3.05) is 19.3 Å². The molecule has 10 heteroatoms. The fraction of sp³-hybridized carbons (Fsp3) is 0.818. The predicted octanol–water partition coefficient (Wildman–Crippen LogP) is 0.141. The highest BCUT2D eigenvalue weighted by Crippen LogP contribution is 2.43. The van der Waals surface area contributed by atoms with Gasteiger partial charge in [0.15, 0.2) is 9.84 Å². The van der Waals surface area contributed by atoms with Crippen LogP contribution in [0.3, 0.4) is 0 Å². The van der Waals surface area contributed by atoms with Gasteiger partial charge in [-0.3, -0.25) is 9.59 Å². The Morgan fingerprint density at radius 1 is 1.19 bits per heavy atom. The van der Waals surface area contributed by atoms with Gasteiger partial charge in [-0.15, -0.1) is 0 Å². The third-order valence-corrected chi connectivity index (χ3v) is 5.55. The van der Waals surface area contributed by atoms with Crippen molar-refractivity contribution in [1.82, 2.24) is 4.90 Å². The molecule has 1 aliphatic heterocycles. The molecule has 0 aromatic heterocycles. The van der Waals surface area contributed by atoms with Gasteiger partial charge >= 0.3 is 12.1 Å². The maximum atomic E-state index is 12.9. The van der Waals surface area contributed by atoms with Crippen LogP contribution in [0.4, 0.5) is 13.2 Å². The normalized spacial score (nSPS) is 33.0. The molecule has 0 bridgehead atoms. The Labute approximate surface area is 118 Å². The van der Waals surface area contributed by atoms with E-state index in [2.05, 4.69) is 0 Å². The summed E-state index contributed by atoms with van der Waals surface area (Å²) in [7, 11) is -3.97. The van der Waals surface area contributed by atoms with Gasteiger partial charge in [0.1, 0.15) is 0 Å². The van der Waals surface area contributed by atoms with Gasteiger partial charge in [-0.25, -0.2) is 8.42 Å². The van der Waals surface area contributed by atoms with Gasteiger partial charge in [0.25, 0.3) is 0 Å². The fourth-order valence-corrected chi connectivity index (χ4v) is 3.97. The van der Waals surface area contributed by atoms with Crippen LogP contribution >= 0.6 is 0 Å². The maximum Gasteiger partial charge on any atom is 0.394 e. The van der Waals surface area contributed by atoms with Gasteiger partial charge in [-0.2, -0.15) is 13.2 Å². The van der Waals surface area contributed by atoms with E-state index in [-0.39, 0.29) is 6.42 Å². The summed E-state index contributed by atoms with van der Waals surface area (Å²) < 4.78 is 61.7. The summed E-state index contributed by atoms with van der Waals surface area (Å²) in [5.74, 6) is -5.71. The van der Waals surface area contributed by atoms with Crippen LogP contribution in [0.15, 0.2) is 0 Å². The lowest BCUT2D eigenvalue weighted by atomic mass is 10.1. The van der Waals surface area contributed by atoms with E-state index in [0.717, 1.165) is 4.90 Å². The highest BCUT2D eigenvalue weighted by Gasteiger charge is 2.57. The highest BCUT2D eigenvalue weighted by molar-refractivity contribution is 7.91. The second-order valence-electron chi connectivity index (χ2n) is 5.55. The number of amides is 1. The zero-order valence-corrected chi connectivity index (χ0v) is 11.8. The second kappa shape index (κ2) is 4.85. The van der Waals surface area contributed by atoms with Crippen molar-refractivity contribution in [3.63, 3.8) is 0 Å². The van der Waals surface area contributed by atoms with Gasteiger partial charge in [0, 0.05) is 19.3 Å². The monoisotopic (exact) mass is 329 g/mol. The van der Waals surface area contributed by atoms with Gasteiger partial charge in [-0.1, -0.05) is 0 Å². The molecule has 1 amide bonds. The molecule has 21 heavy (non-hydrogen) atoms. The topological polar surface area (TPSA) is 91.8 Å². The summed E-state index contributed by atoms with van der Waals surface area (Å²) in [6.07, 6.45) is -3.93. The summed E-state index contributed by atoms with van der Waals surface area (Å²) in [5.41, 5.74) is 0. The molecule has 1 saturated carbocycles. The van der Waals surface area contributed by atoms with Crippen LogP contribution in [0.25, 0.3) is 0 Å². The molecule has 2 rings (SSSR count). The van der Waals surface area contributed by atoms with Crippen LogP contribution in [0.2, 0.25) is 0 Å². The molecule has 0 spiro atoms. The van der Waals surface area contributed by atoms with Crippen LogP contribution in [0.1, 0.15) is 6.42 Å². The largest absolute Gasteiger partial charge is 0.481 e. The minimum atomic E-state index is -4.72. The molecule has 0 aromatic rings. The van der Waals surface area contributed by atoms with E-state index in [1.807, 2.05) is 0 Å². The Morgan fingerprint density at radius 3 is 2.10 bits per heavy atom. The molecule has 2 aliphatic rings. The first kappa shape index (κ1) is 16.1. The number of sulfone groups is 1. The Bertz CT molecular complexity index is 573. The standard InChI is InChI=1S/C11H14F3NO5S/c1-21(19,20)8-4-15(3-7(8)11(12,13)14)9(16)5-2-6(5)10(17)18/h5-8H,2-4H2,1H3,(H,17,18)/t5?,6?,7-,8-/m1/s1. The molecule has 1 N–H and O–H groups in total. The summed E-state index contributed by atoms with van der Waals surface area (Å²) in [4.78, 5) is 23.5. The second-order valence-corrected chi connectivity index (χ2v) is 7.81. The molecule has 1 aliphatic carbocycles. The minimum Gasteiger partial charge on any atom is -0.481 e. The molecule has 2 unspecified atom stereocenters. The number of hydrogen-bond donors (Lipinski definition) is 1. The van der Waals surface area contributed by atoms with Gasteiger partial charge < -0.3 is 10.0 Å². The minimum absolute atomic E-state index is 0.0882. The van der Waals surface area contributed by atoms with E-state index < -0.39 is 64.0 Å². The van der Waals surface area contributed by atoms with Crippen molar-refractivity contribution < 1.29 is 36.3 Å². The number of carboxylic acid groups (broad SMARTS) is 1. The van der Waals surface area contributed by atoms with E-state index in [0.29, 0.717) is 6.26 Å². The van der Waals surface area contributed by atoms with E-state index >= 15 is 0 Å². The first-order valence-corrected chi connectivity index (χ1v) is 8.15. The Balaban J connectivity index is 2.15. The van der Waals surface area contributed by atoms with Crippen LogP contribution in [0.5, 0.6) is 0 Å². The van der Waals surface area contributed by atoms with Crippen molar-refractivity contribution in [3.05, 3.63) is 0 Å². The molecule has 120 valence electrons. The van der Waals surface area contributed by atoms with E-state index in [1.54, 1.807) is 0 Å². The smallest absolute Gasteiger partial charge is 0.394 e. The van der Waals surface area contributed by atoms with Gasteiger partial charge in [-0.05, 0) is 6.42 Å². The Hall–Kier alpha value is -1.32. The van der Waals surface area contributed by atoms with E-state index in [9.17, 15) is 31.2 Å². The SMILES string of the molecule is CS(=O)(=O)[C@@H]1CN(C(=O)C2CC2C(=O)O)C[C@H]1C(F)(F)F. The third-order valence-electron chi connectivity index (χ3n) is 3.97. The lowest BCUT2D eigenvalue weighted by Crippen LogP contribution is -2.37. The van der Waals surface area contributed by atoms with Gasteiger partial charge in [0.05, 0.1) is 23.0 Å². The zero-order chi connectivity index (χ0) is 16.2. The Kier molecular flexibility index (Phi) is 3.71. The molecular formula is C11H14F3NO5S. The number of likely N-dealkylation sites (tertiary alicyclic amines) is 1. The molecule has 2 fully saturated rings. The molecule has 0 aromatic carbocycles. The zero-order valence-electron chi connectivity index (χ0n) is 11.0.